The Kier molecular flexibility index (Phi) is 7.99. The first-order valence-electron chi connectivity index (χ1n) is 17.4. The molecule has 2 heterocycles. The van der Waals surface area contributed by atoms with Crippen LogP contribution in [-0.4, -0.2) is 15.2 Å². The zero-order valence-electron chi connectivity index (χ0n) is 27.9. The highest BCUT2D eigenvalue weighted by molar-refractivity contribution is 8.00. The Bertz CT molecular complexity index is 2350. The van der Waals surface area contributed by atoms with Gasteiger partial charge in [0.1, 0.15) is 0 Å². The molecule has 3 heteroatoms. The second-order valence-corrected chi connectivity index (χ2v) is 14.5. The minimum absolute atomic E-state index is 0.136. The molecule has 2 nitrogen and oxygen atoms in total. The van der Waals surface area contributed by atoms with Crippen molar-refractivity contribution >= 4 is 22.9 Å². The van der Waals surface area contributed by atoms with Crippen molar-refractivity contribution in [2.45, 2.75) is 35.3 Å². The second kappa shape index (κ2) is 13.1. The molecule has 0 saturated heterocycles. The molecule has 2 aliphatic carbocycles. The highest BCUT2D eigenvalue weighted by Gasteiger charge is 2.35. The van der Waals surface area contributed by atoms with Crippen molar-refractivity contribution in [3.63, 3.8) is 0 Å². The molecule has 5 aromatic carbocycles. The Labute approximate surface area is 298 Å². The summed E-state index contributed by atoms with van der Waals surface area (Å²) in [6.45, 7) is 2.20. The zero-order chi connectivity index (χ0) is 33.4. The fourth-order valence-electron chi connectivity index (χ4n) is 7.65. The maximum absolute atomic E-state index is 5.42. The number of benzene rings is 5. The summed E-state index contributed by atoms with van der Waals surface area (Å²) in [4.78, 5) is 12.2. The smallest absolute Gasteiger partial charge is 0.160 e. The van der Waals surface area contributed by atoms with Gasteiger partial charge in [-0.15, -0.1) is 11.8 Å². The van der Waals surface area contributed by atoms with E-state index in [-0.39, 0.29) is 5.92 Å². The lowest BCUT2D eigenvalue weighted by molar-refractivity contribution is 0.803. The van der Waals surface area contributed by atoms with Crippen molar-refractivity contribution < 1.29 is 0 Å². The molecule has 0 fully saturated rings. The van der Waals surface area contributed by atoms with Crippen LogP contribution in [-0.2, 0) is 0 Å². The quantitative estimate of drug-likeness (QED) is 0.178. The van der Waals surface area contributed by atoms with E-state index in [9.17, 15) is 0 Å². The van der Waals surface area contributed by atoms with E-state index in [1.807, 2.05) is 11.8 Å². The third-order valence-corrected chi connectivity index (χ3v) is 11.6. The fraction of sp³-hybridized carbons (Fsp3) is 0.106. The molecule has 0 N–H and O–H groups in total. The number of hydrogen-bond acceptors (Lipinski definition) is 3. The van der Waals surface area contributed by atoms with Crippen molar-refractivity contribution in [3.8, 4) is 33.8 Å². The largest absolute Gasteiger partial charge is 0.232 e. The molecule has 1 aromatic heterocycles. The third kappa shape index (κ3) is 5.68. The normalized spacial score (nSPS) is 19.0. The molecule has 3 aliphatic rings. The van der Waals surface area contributed by atoms with Gasteiger partial charge in [0.2, 0.25) is 0 Å². The number of nitrogens with zero attached hydrogens (tertiary/aromatic N) is 2. The van der Waals surface area contributed by atoms with Gasteiger partial charge in [0, 0.05) is 33.1 Å². The summed E-state index contributed by atoms with van der Waals surface area (Å²) >= 11 is 1.98. The van der Waals surface area contributed by atoms with Gasteiger partial charge in [-0.3, -0.25) is 0 Å². The summed E-state index contributed by atoms with van der Waals surface area (Å²) in [5, 5.41) is 0.356. The predicted molar refractivity (Wildman–Crippen MR) is 210 cm³/mol. The van der Waals surface area contributed by atoms with Crippen LogP contribution in [0, 0.1) is 6.92 Å². The van der Waals surface area contributed by atoms with E-state index in [2.05, 4.69) is 177 Å². The van der Waals surface area contributed by atoms with Crippen LogP contribution in [0.4, 0.5) is 0 Å². The van der Waals surface area contributed by atoms with E-state index in [4.69, 9.17) is 9.97 Å². The van der Waals surface area contributed by atoms with Crippen LogP contribution < -0.4 is 0 Å². The Hall–Kier alpha value is -5.51. The van der Waals surface area contributed by atoms with E-state index < -0.39 is 0 Å². The molecule has 6 aromatic rings. The van der Waals surface area contributed by atoms with E-state index >= 15 is 0 Å². The van der Waals surface area contributed by atoms with E-state index in [1.54, 1.807) is 0 Å². The SMILES string of the molecule is Cc1c(-c2cccc(-c3ccccc3)c2)nc(-c2cccc(C3=CC=CC4c5ccccc5SC34)c2)nc1C1C=C(c2ccccc2)C=CC1. The first kappa shape index (κ1) is 30.5. The van der Waals surface area contributed by atoms with E-state index in [0.29, 0.717) is 11.2 Å². The summed E-state index contributed by atoms with van der Waals surface area (Å²) in [6, 6.07) is 47.8. The lowest BCUT2D eigenvalue weighted by atomic mass is 9.85. The molecule has 9 rings (SSSR count). The Morgan fingerprint density at radius 1 is 0.640 bits per heavy atom. The first-order valence-corrected chi connectivity index (χ1v) is 18.3. The van der Waals surface area contributed by atoms with Crippen molar-refractivity contribution in [2.24, 2.45) is 0 Å². The zero-order valence-corrected chi connectivity index (χ0v) is 28.7. The van der Waals surface area contributed by atoms with Crippen molar-refractivity contribution in [1.29, 1.82) is 0 Å². The highest BCUT2D eigenvalue weighted by Crippen LogP contribution is 2.52. The Morgan fingerprint density at radius 3 is 2.16 bits per heavy atom. The predicted octanol–water partition coefficient (Wildman–Crippen LogP) is 12.1. The molecular weight excluding hydrogens is 625 g/mol. The van der Waals surface area contributed by atoms with E-state index in [1.165, 1.54) is 43.9 Å². The van der Waals surface area contributed by atoms with Gasteiger partial charge >= 0.3 is 0 Å². The molecule has 0 bridgehead atoms. The van der Waals surface area contributed by atoms with Crippen LogP contribution >= 0.6 is 11.8 Å². The Morgan fingerprint density at radius 2 is 1.32 bits per heavy atom. The number of fused-ring (bicyclic) bond motifs is 3. The lowest BCUT2D eigenvalue weighted by Gasteiger charge is -2.24. The lowest BCUT2D eigenvalue weighted by Crippen LogP contribution is -2.13. The molecule has 0 spiro atoms. The highest BCUT2D eigenvalue weighted by atomic mass is 32.2. The number of hydrogen-bond donors (Lipinski definition) is 0. The van der Waals surface area contributed by atoms with Crippen molar-refractivity contribution in [2.75, 3.05) is 0 Å². The maximum atomic E-state index is 5.42. The molecular formula is C47H36N2S. The summed E-state index contributed by atoms with van der Waals surface area (Å²) in [7, 11) is 0. The monoisotopic (exact) mass is 660 g/mol. The van der Waals surface area contributed by atoms with Crippen LogP contribution in [0.2, 0.25) is 0 Å². The van der Waals surface area contributed by atoms with Gasteiger partial charge in [-0.1, -0.05) is 152 Å². The minimum atomic E-state index is 0.136. The van der Waals surface area contributed by atoms with Gasteiger partial charge in [0.05, 0.1) is 11.4 Å². The number of rotatable bonds is 6. The van der Waals surface area contributed by atoms with Gasteiger partial charge < -0.3 is 0 Å². The second-order valence-electron chi connectivity index (χ2n) is 13.3. The number of thioether (sulfide) groups is 1. The van der Waals surface area contributed by atoms with Crippen LogP contribution in [0.3, 0.4) is 0 Å². The summed E-state index contributed by atoms with van der Waals surface area (Å²) in [6.07, 6.45) is 14.7. The number of aromatic nitrogens is 2. The molecule has 240 valence electrons. The molecule has 1 aliphatic heterocycles. The van der Waals surface area contributed by atoms with Gasteiger partial charge in [0.15, 0.2) is 5.82 Å². The van der Waals surface area contributed by atoms with Crippen molar-refractivity contribution in [3.05, 3.63) is 198 Å². The molecule has 3 atom stereocenters. The van der Waals surface area contributed by atoms with E-state index in [0.717, 1.165) is 40.3 Å². The summed E-state index contributed by atoms with van der Waals surface area (Å²) in [5.41, 5.74) is 14.2. The molecule has 0 radical (unpaired) electrons. The standard InChI is InChI=1S/C47H36N2S/c1-31-44(37-21-10-18-34(28-37)32-14-4-2-5-15-32)48-47(49-45(31)38-22-11-19-35(29-38)33-16-6-3-7-17-33)39-23-12-20-36(30-39)40-25-13-26-42-41-24-8-9-27-43(41)50-46(40)42/h2-21,23-30,38,42,46H,22H2,1H3. The molecule has 3 unspecified atom stereocenters. The molecule has 50 heavy (non-hydrogen) atoms. The van der Waals surface area contributed by atoms with Crippen LogP contribution in [0.25, 0.3) is 44.9 Å². The first-order chi connectivity index (χ1) is 24.7. The molecule has 0 saturated carbocycles. The minimum Gasteiger partial charge on any atom is -0.232 e. The van der Waals surface area contributed by atoms with Crippen LogP contribution in [0.15, 0.2) is 175 Å². The van der Waals surface area contributed by atoms with Crippen LogP contribution in [0.5, 0.6) is 0 Å². The summed E-state index contributed by atoms with van der Waals surface area (Å²) in [5.74, 6) is 1.29. The maximum Gasteiger partial charge on any atom is 0.160 e. The third-order valence-electron chi connectivity index (χ3n) is 10.2. The summed E-state index contributed by atoms with van der Waals surface area (Å²) < 4.78 is 0. The fourth-order valence-corrected chi connectivity index (χ4v) is 9.14. The Balaban J connectivity index is 1.16. The van der Waals surface area contributed by atoms with Crippen molar-refractivity contribution in [1.82, 2.24) is 9.97 Å². The number of allylic oxidation sites excluding steroid dienone is 7. The van der Waals surface area contributed by atoms with Gasteiger partial charge in [-0.2, -0.15) is 0 Å². The average molecular weight is 661 g/mol. The van der Waals surface area contributed by atoms with Gasteiger partial charge in [0.25, 0.3) is 0 Å². The molecule has 0 amide bonds. The topological polar surface area (TPSA) is 25.8 Å². The average Bonchev–Trinajstić information content (AvgIpc) is 3.58. The van der Waals surface area contributed by atoms with Gasteiger partial charge in [-0.05, 0) is 76.1 Å². The van der Waals surface area contributed by atoms with Gasteiger partial charge in [-0.25, -0.2) is 9.97 Å². The van der Waals surface area contributed by atoms with Crippen LogP contribution in [0.1, 0.15) is 46.2 Å².